The number of rotatable bonds is 4. The van der Waals surface area contributed by atoms with E-state index in [9.17, 15) is 4.39 Å². The van der Waals surface area contributed by atoms with Crippen LogP contribution in [0, 0.1) is 5.82 Å². The zero-order valence-electron chi connectivity index (χ0n) is 11.1. The highest BCUT2D eigenvalue weighted by Crippen LogP contribution is 2.36. The third kappa shape index (κ3) is 3.06. The van der Waals surface area contributed by atoms with Gasteiger partial charge in [-0.05, 0) is 36.4 Å². The Balaban J connectivity index is 2.49. The van der Waals surface area contributed by atoms with Crippen LogP contribution in [0.3, 0.4) is 0 Å². The molecule has 0 saturated carbocycles. The summed E-state index contributed by atoms with van der Waals surface area (Å²) < 4.78 is 18.5. The molecule has 0 bridgehead atoms. The molecule has 0 spiro atoms. The van der Waals surface area contributed by atoms with Crippen LogP contribution >= 0.6 is 23.2 Å². The van der Waals surface area contributed by atoms with Gasteiger partial charge in [-0.2, -0.15) is 0 Å². The maximum Gasteiger partial charge on any atom is 0.138 e. The summed E-state index contributed by atoms with van der Waals surface area (Å²) in [7, 11) is 3.31. The molecule has 1 atom stereocenters. The normalized spacial score (nSPS) is 12.2. The van der Waals surface area contributed by atoms with Crippen LogP contribution in [0.1, 0.15) is 17.2 Å². The van der Waals surface area contributed by atoms with E-state index in [2.05, 4.69) is 5.32 Å². The summed E-state index contributed by atoms with van der Waals surface area (Å²) in [6.07, 6.45) is 0. The maximum atomic E-state index is 13.4. The lowest BCUT2D eigenvalue weighted by molar-refractivity contribution is 0.415. The van der Waals surface area contributed by atoms with Gasteiger partial charge in [-0.15, -0.1) is 0 Å². The van der Waals surface area contributed by atoms with Crippen LogP contribution in [0.2, 0.25) is 10.0 Å². The molecule has 5 heteroatoms. The zero-order chi connectivity index (χ0) is 14.7. The predicted octanol–water partition coefficient (Wildman–Crippen LogP) is 4.45. The highest BCUT2D eigenvalue weighted by molar-refractivity contribution is 6.34. The lowest BCUT2D eigenvalue weighted by Gasteiger charge is -2.20. The third-order valence-corrected chi connectivity index (χ3v) is 3.68. The second-order valence-electron chi connectivity index (χ2n) is 4.28. The molecule has 1 unspecified atom stereocenters. The standard InChI is InChI=1S/C15H14Cl2FNO/c1-19-15(9-4-3-5-10(18)6-9)11-7-13(17)14(20-2)8-12(11)16/h3-8,15,19H,1-2H3. The van der Waals surface area contributed by atoms with E-state index in [4.69, 9.17) is 27.9 Å². The molecule has 0 fully saturated rings. The van der Waals surface area contributed by atoms with Crippen LogP contribution in [0.4, 0.5) is 4.39 Å². The minimum absolute atomic E-state index is 0.249. The van der Waals surface area contributed by atoms with Gasteiger partial charge in [0, 0.05) is 11.1 Å². The van der Waals surface area contributed by atoms with Gasteiger partial charge in [-0.25, -0.2) is 4.39 Å². The largest absolute Gasteiger partial charge is 0.495 e. The fourth-order valence-corrected chi connectivity index (χ4v) is 2.62. The van der Waals surface area contributed by atoms with Gasteiger partial charge in [0.15, 0.2) is 0 Å². The van der Waals surface area contributed by atoms with Gasteiger partial charge < -0.3 is 10.1 Å². The summed E-state index contributed by atoms with van der Waals surface area (Å²) in [6, 6.07) is 9.50. The quantitative estimate of drug-likeness (QED) is 0.900. The Morgan fingerprint density at radius 2 is 1.90 bits per heavy atom. The van der Waals surface area contributed by atoms with E-state index in [0.29, 0.717) is 15.8 Å². The van der Waals surface area contributed by atoms with Gasteiger partial charge in [-0.3, -0.25) is 0 Å². The number of benzene rings is 2. The lowest BCUT2D eigenvalue weighted by atomic mass is 9.98. The molecule has 20 heavy (non-hydrogen) atoms. The van der Waals surface area contributed by atoms with Crippen molar-refractivity contribution in [2.24, 2.45) is 0 Å². The molecule has 1 N–H and O–H groups in total. The number of hydrogen-bond acceptors (Lipinski definition) is 2. The van der Waals surface area contributed by atoms with Crippen LogP contribution in [-0.2, 0) is 0 Å². The first-order valence-electron chi connectivity index (χ1n) is 6.02. The van der Waals surface area contributed by atoms with Gasteiger partial charge in [0.05, 0.1) is 18.2 Å². The molecule has 2 nitrogen and oxygen atoms in total. The summed E-state index contributed by atoms with van der Waals surface area (Å²) in [6.45, 7) is 0. The van der Waals surface area contributed by atoms with Crippen LogP contribution in [0.15, 0.2) is 36.4 Å². The Hall–Kier alpha value is -1.29. The molecule has 2 rings (SSSR count). The van der Waals surface area contributed by atoms with E-state index >= 15 is 0 Å². The minimum Gasteiger partial charge on any atom is -0.495 e. The van der Waals surface area contributed by atoms with E-state index < -0.39 is 0 Å². The maximum absolute atomic E-state index is 13.4. The molecule has 0 heterocycles. The monoisotopic (exact) mass is 313 g/mol. The second-order valence-corrected chi connectivity index (χ2v) is 5.10. The van der Waals surface area contributed by atoms with E-state index in [1.807, 2.05) is 6.07 Å². The molecule has 2 aromatic carbocycles. The number of hydrogen-bond donors (Lipinski definition) is 1. The van der Waals surface area contributed by atoms with Gasteiger partial charge in [0.2, 0.25) is 0 Å². The van der Waals surface area contributed by atoms with E-state index in [0.717, 1.165) is 11.1 Å². The van der Waals surface area contributed by atoms with Gasteiger partial charge >= 0.3 is 0 Å². The van der Waals surface area contributed by atoms with Crippen molar-refractivity contribution >= 4 is 23.2 Å². The van der Waals surface area contributed by atoms with Crippen molar-refractivity contribution in [3.05, 3.63) is 63.4 Å². The molecule has 0 aliphatic carbocycles. The Kier molecular flexibility index (Phi) is 4.86. The molecule has 106 valence electrons. The van der Waals surface area contributed by atoms with Crippen LogP contribution in [0.5, 0.6) is 5.75 Å². The molecule has 0 amide bonds. The summed E-state index contributed by atoms with van der Waals surface area (Å²) in [4.78, 5) is 0. The summed E-state index contributed by atoms with van der Waals surface area (Å²) in [5.74, 6) is 0.216. The Labute approximate surface area is 127 Å². The first-order valence-corrected chi connectivity index (χ1v) is 6.78. The predicted molar refractivity (Wildman–Crippen MR) is 80.3 cm³/mol. The Morgan fingerprint density at radius 3 is 2.50 bits per heavy atom. The Bertz CT molecular complexity index is 619. The number of nitrogens with one attached hydrogen (secondary N) is 1. The second kappa shape index (κ2) is 6.44. The summed E-state index contributed by atoms with van der Waals surface area (Å²) in [5, 5.41) is 4.09. The lowest BCUT2D eigenvalue weighted by Crippen LogP contribution is -2.18. The van der Waals surface area contributed by atoms with Gasteiger partial charge in [0.25, 0.3) is 0 Å². The molecule has 0 saturated heterocycles. The van der Waals surface area contributed by atoms with Crippen molar-refractivity contribution in [2.45, 2.75) is 6.04 Å². The molecule has 0 aromatic heterocycles. The van der Waals surface area contributed by atoms with Crippen LogP contribution in [0.25, 0.3) is 0 Å². The average Bonchev–Trinajstić information content (AvgIpc) is 2.43. The smallest absolute Gasteiger partial charge is 0.138 e. The minimum atomic E-state index is -0.293. The summed E-state index contributed by atoms with van der Waals surface area (Å²) >= 11 is 12.4. The highest BCUT2D eigenvalue weighted by atomic mass is 35.5. The van der Waals surface area contributed by atoms with E-state index in [1.165, 1.54) is 19.2 Å². The molecule has 0 radical (unpaired) electrons. The Morgan fingerprint density at radius 1 is 1.15 bits per heavy atom. The van der Waals surface area contributed by atoms with Crippen molar-refractivity contribution < 1.29 is 9.13 Å². The fraction of sp³-hybridized carbons (Fsp3) is 0.200. The molecule has 0 aliphatic heterocycles. The van der Waals surface area contributed by atoms with Crippen molar-refractivity contribution in [2.75, 3.05) is 14.2 Å². The topological polar surface area (TPSA) is 21.3 Å². The third-order valence-electron chi connectivity index (χ3n) is 3.05. The highest BCUT2D eigenvalue weighted by Gasteiger charge is 2.18. The van der Waals surface area contributed by atoms with Crippen molar-refractivity contribution in [3.63, 3.8) is 0 Å². The van der Waals surface area contributed by atoms with Crippen molar-refractivity contribution in [3.8, 4) is 5.75 Å². The van der Waals surface area contributed by atoms with E-state index in [1.54, 1.807) is 25.2 Å². The number of ether oxygens (including phenoxy) is 1. The number of methoxy groups -OCH3 is 1. The van der Waals surface area contributed by atoms with Gasteiger partial charge in [0.1, 0.15) is 11.6 Å². The van der Waals surface area contributed by atoms with E-state index in [-0.39, 0.29) is 11.9 Å². The first-order chi connectivity index (χ1) is 9.56. The summed E-state index contributed by atoms with van der Waals surface area (Å²) in [5.41, 5.74) is 1.54. The van der Waals surface area contributed by atoms with Crippen LogP contribution in [-0.4, -0.2) is 14.2 Å². The molecule has 2 aromatic rings. The fourth-order valence-electron chi connectivity index (χ4n) is 2.11. The van der Waals surface area contributed by atoms with Crippen LogP contribution < -0.4 is 10.1 Å². The SMILES string of the molecule is CNC(c1cccc(F)c1)c1cc(Cl)c(OC)cc1Cl. The van der Waals surface area contributed by atoms with Gasteiger partial charge in [-0.1, -0.05) is 35.3 Å². The molecular weight excluding hydrogens is 300 g/mol. The van der Waals surface area contributed by atoms with Crippen molar-refractivity contribution in [1.29, 1.82) is 0 Å². The average molecular weight is 314 g/mol. The van der Waals surface area contributed by atoms with Crippen molar-refractivity contribution in [1.82, 2.24) is 5.32 Å². The molecular formula is C15H14Cl2FNO. The zero-order valence-corrected chi connectivity index (χ0v) is 12.6. The molecule has 0 aliphatic rings. The number of halogens is 3. The first kappa shape index (κ1) is 15.1.